The van der Waals surface area contributed by atoms with E-state index in [1.54, 1.807) is 0 Å². The molecule has 114 valence electrons. The van der Waals surface area contributed by atoms with Gasteiger partial charge in [0.2, 0.25) is 5.91 Å². The Kier molecular flexibility index (Phi) is 4.62. The molecule has 0 heterocycles. The second kappa shape index (κ2) is 6.44. The first-order valence-corrected chi connectivity index (χ1v) is 8.08. The van der Waals surface area contributed by atoms with Crippen LogP contribution >= 0.6 is 0 Å². The second-order valence-electron chi connectivity index (χ2n) is 4.80. The smallest absolute Gasteiger partial charge is 0.255 e. The molecule has 0 atom stereocenters. The van der Waals surface area contributed by atoms with Gasteiger partial charge in [-0.2, -0.15) is 0 Å². The Morgan fingerprint density at radius 2 is 1.64 bits per heavy atom. The van der Waals surface area contributed by atoms with E-state index in [0.29, 0.717) is 11.3 Å². The molecule has 0 bridgehead atoms. The quantitative estimate of drug-likeness (QED) is 0.888. The van der Waals surface area contributed by atoms with Crippen LogP contribution in [0.2, 0.25) is 0 Å². The highest BCUT2D eigenvalue weighted by Gasteiger charge is 2.06. The fourth-order valence-electron chi connectivity index (χ4n) is 1.75. The zero-order valence-electron chi connectivity index (χ0n) is 12.0. The number of anilines is 1. The van der Waals surface area contributed by atoms with Crippen molar-refractivity contribution in [3.63, 3.8) is 0 Å². The highest BCUT2D eigenvalue weighted by molar-refractivity contribution is 7.95. The van der Waals surface area contributed by atoms with Gasteiger partial charge in [0, 0.05) is 11.3 Å². The summed E-state index contributed by atoms with van der Waals surface area (Å²) in [7, 11) is -3.62. The Labute approximate surface area is 129 Å². The molecular weight excluding hydrogens is 300 g/mol. The first-order valence-electron chi connectivity index (χ1n) is 6.53. The Bertz CT molecular complexity index is 792. The molecule has 1 amide bonds. The summed E-state index contributed by atoms with van der Waals surface area (Å²) in [5.74, 6) is -0.561. The maximum atomic E-state index is 12.0. The summed E-state index contributed by atoms with van der Waals surface area (Å²) in [4.78, 5) is 11.0. The van der Waals surface area contributed by atoms with Crippen LogP contribution in [0.15, 0.2) is 53.9 Å². The van der Waals surface area contributed by atoms with Crippen molar-refractivity contribution >= 4 is 27.7 Å². The number of carbonyl (C=O) groups excluding carboxylic acids is 1. The molecule has 0 spiro atoms. The third-order valence-electron chi connectivity index (χ3n) is 2.95. The number of hydrogen-bond acceptors (Lipinski definition) is 3. The third kappa shape index (κ3) is 4.46. The molecule has 0 saturated carbocycles. The second-order valence-corrected chi connectivity index (χ2v) is 6.37. The lowest BCUT2D eigenvalue weighted by Gasteiger charge is -2.05. The number of aryl methyl sites for hydroxylation is 1. The van der Waals surface area contributed by atoms with Crippen molar-refractivity contribution in [3.8, 4) is 0 Å². The first-order chi connectivity index (χ1) is 10.4. The maximum Gasteiger partial charge on any atom is 0.255 e. The van der Waals surface area contributed by atoms with Gasteiger partial charge >= 0.3 is 0 Å². The molecule has 0 aromatic heterocycles. The van der Waals surface area contributed by atoms with E-state index >= 15 is 0 Å². The van der Waals surface area contributed by atoms with Crippen LogP contribution in [-0.4, -0.2) is 14.3 Å². The predicted octanol–water partition coefficient (Wildman–Crippen LogP) is 2.51. The topological polar surface area (TPSA) is 89.3 Å². The predicted molar refractivity (Wildman–Crippen MR) is 87.7 cm³/mol. The fourth-order valence-corrected chi connectivity index (χ4v) is 2.62. The molecule has 2 aromatic carbocycles. The number of nitrogens with one attached hydrogen (secondary N) is 1. The van der Waals surface area contributed by atoms with E-state index < -0.39 is 15.9 Å². The van der Waals surface area contributed by atoms with Crippen LogP contribution in [0.3, 0.4) is 0 Å². The van der Waals surface area contributed by atoms with Gasteiger partial charge in [-0.05, 0) is 42.8 Å². The monoisotopic (exact) mass is 316 g/mol. The number of primary amides is 1. The molecule has 22 heavy (non-hydrogen) atoms. The third-order valence-corrected chi connectivity index (χ3v) is 3.96. The van der Waals surface area contributed by atoms with Gasteiger partial charge in [-0.1, -0.05) is 29.8 Å². The SMILES string of the molecule is Cc1ccc(/C=C/S(=O)(=O)Nc2ccc(C(N)=O)cc2)cc1. The summed E-state index contributed by atoms with van der Waals surface area (Å²) in [6, 6.07) is 13.4. The lowest BCUT2D eigenvalue weighted by molar-refractivity contribution is 0.100. The summed E-state index contributed by atoms with van der Waals surface area (Å²) in [6.07, 6.45) is 1.51. The lowest BCUT2D eigenvalue weighted by atomic mass is 10.2. The fraction of sp³-hybridized carbons (Fsp3) is 0.0625. The Hall–Kier alpha value is -2.60. The number of rotatable bonds is 5. The summed E-state index contributed by atoms with van der Waals surface area (Å²) in [5.41, 5.74) is 7.70. The number of hydrogen-bond donors (Lipinski definition) is 2. The van der Waals surface area contributed by atoms with E-state index in [2.05, 4.69) is 4.72 Å². The van der Waals surface area contributed by atoms with E-state index in [-0.39, 0.29) is 0 Å². The molecule has 0 saturated heterocycles. The van der Waals surface area contributed by atoms with Crippen molar-refractivity contribution in [2.45, 2.75) is 6.92 Å². The molecule has 0 radical (unpaired) electrons. The molecule has 2 aromatic rings. The molecule has 0 aliphatic rings. The average Bonchev–Trinajstić information content (AvgIpc) is 2.47. The number of nitrogens with two attached hydrogens (primary N) is 1. The van der Waals surface area contributed by atoms with Gasteiger partial charge in [-0.15, -0.1) is 0 Å². The highest BCUT2D eigenvalue weighted by atomic mass is 32.2. The van der Waals surface area contributed by atoms with E-state index in [0.717, 1.165) is 16.5 Å². The van der Waals surface area contributed by atoms with Gasteiger partial charge in [0.05, 0.1) is 5.41 Å². The van der Waals surface area contributed by atoms with Crippen LogP contribution in [-0.2, 0) is 10.0 Å². The summed E-state index contributed by atoms with van der Waals surface area (Å²) in [5, 5.41) is 1.10. The lowest BCUT2D eigenvalue weighted by Crippen LogP contribution is -2.12. The number of amides is 1. The van der Waals surface area contributed by atoms with E-state index in [9.17, 15) is 13.2 Å². The molecule has 0 aliphatic heterocycles. The van der Waals surface area contributed by atoms with Crippen molar-refractivity contribution in [3.05, 3.63) is 70.6 Å². The van der Waals surface area contributed by atoms with Crippen molar-refractivity contribution in [2.75, 3.05) is 4.72 Å². The minimum absolute atomic E-state index is 0.318. The summed E-state index contributed by atoms with van der Waals surface area (Å²) < 4.78 is 26.3. The van der Waals surface area contributed by atoms with Crippen molar-refractivity contribution in [1.29, 1.82) is 0 Å². The molecule has 0 unspecified atom stereocenters. The minimum Gasteiger partial charge on any atom is -0.366 e. The van der Waals surface area contributed by atoms with Crippen LogP contribution in [0.1, 0.15) is 21.5 Å². The molecule has 6 heteroatoms. The van der Waals surface area contributed by atoms with Gasteiger partial charge in [0.25, 0.3) is 10.0 Å². The Balaban J connectivity index is 2.10. The first kappa shape index (κ1) is 15.8. The Morgan fingerprint density at radius 1 is 1.05 bits per heavy atom. The van der Waals surface area contributed by atoms with Crippen molar-refractivity contribution in [2.24, 2.45) is 5.73 Å². The van der Waals surface area contributed by atoms with Crippen LogP contribution in [0.5, 0.6) is 0 Å². The van der Waals surface area contributed by atoms with Gasteiger partial charge < -0.3 is 5.73 Å². The van der Waals surface area contributed by atoms with Crippen molar-refractivity contribution in [1.82, 2.24) is 0 Å². The zero-order chi connectivity index (χ0) is 16.2. The standard InChI is InChI=1S/C16H16N2O3S/c1-12-2-4-13(5-3-12)10-11-22(20,21)18-15-8-6-14(7-9-15)16(17)19/h2-11,18H,1H3,(H2,17,19)/b11-10+. The van der Waals surface area contributed by atoms with Crippen LogP contribution in [0, 0.1) is 6.92 Å². The number of sulfonamides is 1. The highest BCUT2D eigenvalue weighted by Crippen LogP contribution is 2.13. The summed E-state index contributed by atoms with van der Waals surface area (Å²) >= 11 is 0. The molecule has 3 N–H and O–H groups in total. The molecule has 0 fully saturated rings. The van der Waals surface area contributed by atoms with Gasteiger partial charge in [-0.3, -0.25) is 9.52 Å². The average molecular weight is 316 g/mol. The van der Waals surface area contributed by atoms with Crippen molar-refractivity contribution < 1.29 is 13.2 Å². The maximum absolute atomic E-state index is 12.0. The molecule has 5 nitrogen and oxygen atoms in total. The summed E-state index contributed by atoms with van der Waals surface area (Å²) in [6.45, 7) is 1.96. The van der Waals surface area contributed by atoms with Crippen LogP contribution < -0.4 is 10.5 Å². The van der Waals surface area contributed by atoms with Gasteiger partial charge in [0.1, 0.15) is 0 Å². The van der Waals surface area contributed by atoms with Crippen LogP contribution in [0.25, 0.3) is 6.08 Å². The molecule has 2 rings (SSSR count). The molecule has 0 aliphatic carbocycles. The zero-order valence-corrected chi connectivity index (χ0v) is 12.8. The normalized spacial score (nSPS) is 11.5. The number of carbonyl (C=O) groups is 1. The van der Waals surface area contributed by atoms with E-state index in [1.165, 1.54) is 30.3 Å². The molecular formula is C16H16N2O3S. The number of benzene rings is 2. The van der Waals surface area contributed by atoms with Gasteiger partial charge in [-0.25, -0.2) is 8.42 Å². The van der Waals surface area contributed by atoms with Crippen LogP contribution in [0.4, 0.5) is 5.69 Å². The van der Waals surface area contributed by atoms with Gasteiger partial charge in [0.15, 0.2) is 0 Å². The van der Waals surface area contributed by atoms with E-state index in [1.807, 2.05) is 31.2 Å². The minimum atomic E-state index is -3.62. The largest absolute Gasteiger partial charge is 0.366 e. The Morgan fingerprint density at radius 3 is 2.18 bits per heavy atom. The van der Waals surface area contributed by atoms with E-state index in [4.69, 9.17) is 5.73 Å².